The average Bonchev–Trinajstić information content (AvgIpc) is 2.96. The van der Waals surface area contributed by atoms with Gasteiger partial charge in [0.05, 0.1) is 15.8 Å². The van der Waals surface area contributed by atoms with Crippen molar-refractivity contribution in [3.05, 3.63) is 81.2 Å². The minimum atomic E-state index is 0.0548. The molecule has 3 heterocycles. The number of pyridine rings is 2. The van der Waals surface area contributed by atoms with E-state index in [4.69, 9.17) is 39.3 Å². The van der Waals surface area contributed by atoms with Crippen LogP contribution in [0, 0.1) is 11.3 Å². The summed E-state index contributed by atoms with van der Waals surface area (Å²) < 4.78 is 0. The first-order valence-corrected chi connectivity index (χ1v) is 14.5. The van der Waals surface area contributed by atoms with Gasteiger partial charge in [-0.15, -0.1) is 0 Å². The molecular formula is C30H37Cl2N7O. The van der Waals surface area contributed by atoms with Crippen LogP contribution in [0.1, 0.15) is 54.4 Å². The number of nitrogens with two attached hydrogens (primary N) is 1. The van der Waals surface area contributed by atoms with Gasteiger partial charge in [0, 0.05) is 55.0 Å². The third-order valence-electron chi connectivity index (χ3n) is 7.55. The van der Waals surface area contributed by atoms with Crippen LogP contribution < -0.4 is 21.3 Å². The molecular weight excluding hydrogens is 545 g/mol. The zero-order valence-electron chi connectivity index (χ0n) is 22.8. The van der Waals surface area contributed by atoms with Gasteiger partial charge in [-0.25, -0.2) is 4.98 Å². The molecule has 40 heavy (non-hydrogen) atoms. The molecule has 10 heteroatoms. The Morgan fingerprint density at radius 2 is 1.93 bits per heavy atom. The number of nitrogens with one attached hydrogen (secondary N) is 3. The summed E-state index contributed by atoms with van der Waals surface area (Å²) in [6.07, 6.45) is 9.80. The van der Waals surface area contributed by atoms with Crippen molar-refractivity contribution < 1.29 is 4.79 Å². The highest BCUT2D eigenvalue weighted by molar-refractivity contribution is 6.35. The van der Waals surface area contributed by atoms with Crippen LogP contribution in [-0.4, -0.2) is 54.8 Å². The van der Waals surface area contributed by atoms with Crippen LogP contribution in [-0.2, 0) is 11.2 Å². The van der Waals surface area contributed by atoms with Crippen LogP contribution in [0.4, 0.5) is 11.5 Å². The van der Waals surface area contributed by atoms with Crippen LogP contribution in [0.2, 0.25) is 10.0 Å². The maximum atomic E-state index is 10.8. The highest BCUT2D eigenvalue weighted by Crippen LogP contribution is 2.33. The molecule has 0 radical (unpaired) electrons. The minimum absolute atomic E-state index is 0.0548. The summed E-state index contributed by atoms with van der Waals surface area (Å²) in [4.78, 5) is 21.8. The fraction of sp³-hybridized carbons (Fsp3) is 0.400. The normalized spacial score (nSPS) is 14.5. The van der Waals surface area contributed by atoms with E-state index in [0.717, 1.165) is 49.4 Å². The van der Waals surface area contributed by atoms with Gasteiger partial charge in [-0.2, -0.15) is 0 Å². The summed E-state index contributed by atoms with van der Waals surface area (Å²) in [6.45, 7) is 6.30. The van der Waals surface area contributed by atoms with Gasteiger partial charge in [0.1, 0.15) is 5.82 Å². The summed E-state index contributed by atoms with van der Waals surface area (Å²) in [7, 11) is 0. The van der Waals surface area contributed by atoms with Gasteiger partial charge in [0.25, 0.3) is 0 Å². The van der Waals surface area contributed by atoms with E-state index >= 15 is 0 Å². The SMILES string of the molecule is C[C@@H](Cc1ccc(N)c(C(=N)c2ccc(N(CCNC=O)CCC3CCNCC3)nc2)c1)c1c(Cl)cncc1Cl. The van der Waals surface area contributed by atoms with Crippen molar-refractivity contribution in [2.24, 2.45) is 5.92 Å². The Morgan fingerprint density at radius 1 is 1.18 bits per heavy atom. The Labute approximate surface area is 246 Å². The van der Waals surface area contributed by atoms with Crippen LogP contribution in [0.3, 0.4) is 0 Å². The summed E-state index contributed by atoms with van der Waals surface area (Å²) in [6, 6.07) is 9.64. The Kier molecular flexibility index (Phi) is 10.7. The maximum absolute atomic E-state index is 10.8. The molecule has 1 aliphatic rings. The van der Waals surface area contributed by atoms with Crippen molar-refractivity contribution in [1.82, 2.24) is 20.6 Å². The molecule has 3 aromatic rings. The number of halogens is 2. The molecule has 1 amide bonds. The third kappa shape index (κ3) is 7.71. The molecule has 0 spiro atoms. The number of nitrogens with zero attached hydrogens (tertiary/aromatic N) is 3. The van der Waals surface area contributed by atoms with E-state index in [1.54, 1.807) is 18.6 Å². The zero-order chi connectivity index (χ0) is 28.5. The molecule has 2 aromatic heterocycles. The average molecular weight is 583 g/mol. The molecule has 0 unspecified atom stereocenters. The van der Waals surface area contributed by atoms with Crippen LogP contribution in [0.5, 0.6) is 0 Å². The molecule has 1 saturated heterocycles. The second-order valence-electron chi connectivity index (χ2n) is 10.4. The van der Waals surface area contributed by atoms with Crippen molar-refractivity contribution in [3.8, 4) is 0 Å². The molecule has 1 fully saturated rings. The van der Waals surface area contributed by atoms with Crippen molar-refractivity contribution in [3.63, 3.8) is 0 Å². The monoisotopic (exact) mass is 581 g/mol. The van der Waals surface area contributed by atoms with Gasteiger partial charge >= 0.3 is 0 Å². The lowest BCUT2D eigenvalue weighted by Crippen LogP contribution is -2.35. The molecule has 4 rings (SSSR count). The molecule has 0 saturated carbocycles. The van der Waals surface area contributed by atoms with Gasteiger partial charge < -0.3 is 21.3 Å². The summed E-state index contributed by atoms with van der Waals surface area (Å²) in [5.74, 6) is 1.58. The van der Waals surface area contributed by atoms with Crippen molar-refractivity contribution in [2.45, 2.75) is 38.5 Å². The lowest BCUT2D eigenvalue weighted by atomic mass is 9.92. The van der Waals surface area contributed by atoms with Gasteiger partial charge in [0.15, 0.2) is 0 Å². The molecule has 1 atom stereocenters. The molecule has 0 bridgehead atoms. The van der Waals surface area contributed by atoms with E-state index < -0.39 is 0 Å². The number of amides is 1. The van der Waals surface area contributed by atoms with E-state index in [9.17, 15) is 4.79 Å². The number of anilines is 2. The summed E-state index contributed by atoms with van der Waals surface area (Å²) in [5.41, 5.74) is 10.4. The van der Waals surface area contributed by atoms with E-state index in [1.165, 1.54) is 12.8 Å². The first-order valence-electron chi connectivity index (χ1n) is 13.7. The molecule has 212 valence electrons. The first kappa shape index (κ1) is 29.8. The lowest BCUT2D eigenvalue weighted by molar-refractivity contribution is -0.109. The predicted molar refractivity (Wildman–Crippen MR) is 164 cm³/mol. The molecule has 8 nitrogen and oxygen atoms in total. The van der Waals surface area contributed by atoms with Crippen LogP contribution >= 0.6 is 23.2 Å². The highest BCUT2D eigenvalue weighted by Gasteiger charge is 2.18. The number of carbonyl (C=O) groups excluding carboxylic acids is 1. The quantitative estimate of drug-likeness (QED) is 0.0967. The second-order valence-corrected chi connectivity index (χ2v) is 11.2. The number of nitrogen functional groups attached to an aromatic ring is 1. The third-order valence-corrected chi connectivity index (χ3v) is 8.15. The van der Waals surface area contributed by atoms with Crippen molar-refractivity contribution in [1.29, 1.82) is 5.41 Å². The van der Waals surface area contributed by atoms with Gasteiger partial charge in [-0.05, 0) is 86.0 Å². The minimum Gasteiger partial charge on any atom is -0.398 e. The van der Waals surface area contributed by atoms with Gasteiger partial charge in [0.2, 0.25) is 6.41 Å². The van der Waals surface area contributed by atoms with Crippen molar-refractivity contribution >= 4 is 46.8 Å². The topological polar surface area (TPSA) is 120 Å². The van der Waals surface area contributed by atoms with Gasteiger partial charge in [-0.1, -0.05) is 36.2 Å². The number of hydrogen-bond donors (Lipinski definition) is 4. The number of rotatable bonds is 13. The smallest absolute Gasteiger partial charge is 0.207 e. The van der Waals surface area contributed by atoms with Gasteiger partial charge in [-0.3, -0.25) is 15.2 Å². The summed E-state index contributed by atoms with van der Waals surface area (Å²) in [5, 5.41) is 16.2. The van der Waals surface area contributed by atoms with Crippen LogP contribution in [0.15, 0.2) is 48.9 Å². The largest absolute Gasteiger partial charge is 0.398 e. The first-order chi connectivity index (χ1) is 19.4. The molecule has 0 aliphatic carbocycles. The number of aromatic nitrogens is 2. The Balaban J connectivity index is 1.47. The zero-order valence-corrected chi connectivity index (χ0v) is 24.3. The Hall–Kier alpha value is -3.20. The van der Waals surface area contributed by atoms with E-state index in [1.807, 2.05) is 30.3 Å². The maximum Gasteiger partial charge on any atom is 0.207 e. The molecule has 1 aromatic carbocycles. The fourth-order valence-electron chi connectivity index (χ4n) is 5.28. The van der Waals surface area contributed by atoms with E-state index in [-0.39, 0.29) is 5.92 Å². The predicted octanol–water partition coefficient (Wildman–Crippen LogP) is 5.07. The highest BCUT2D eigenvalue weighted by atomic mass is 35.5. The second kappa shape index (κ2) is 14.4. The Bertz CT molecular complexity index is 1280. The van der Waals surface area contributed by atoms with E-state index in [0.29, 0.717) is 58.0 Å². The fourth-order valence-corrected chi connectivity index (χ4v) is 6.02. The van der Waals surface area contributed by atoms with Crippen LogP contribution in [0.25, 0.3) is 0 Å². The number of carbonyl (C=O) groups is 1. The molecule has 1 aliphatic heterocycles. The number of piperidine rings is 1. The lowest BCUT2D eigenvalue weighted by Gasteiger charge is -2.28. The number of benzene rings is 1. The van der Waals surface area contributed by atoms with Crippen molar-refractivity contribution in [2.75, 3.05) is 43.4 Å². The summed E-state index contributed by atoms with van der Waals surface area (Å²) >= 11 is 12.7. The Morgan fingerprint density at radius 3 is 2.60 bits per heavy atom. The number of hydrogen-bond acceptors (Lipinski definition) is 7. The molecule has 5 N–H and O–H groups in total. The standard InChI is InChI=1S/C30H37Cl2N7O/c1-20(29-25(31)17-37-18-26(29)32)14-22-2-4-27(33)24(15-22)30(34)23-3-5-28(38-16-23)39(13-11-36-19-40)12-8-21-6-9-35-10-7-21/h2-5,15-21,34-35H,6-14,33H2,1H3,(H,36,40)/t20-/m0/s1. The van der Waals surface area contributed by atoms with E-state index in [2.05, 4.69) is 27.4 Å².